The van der Waals surface area contributed by atoms with Gasteiger partial charge in [0, 0.05) is 20.1 Å². The lowest BCUT2D eigenvalue weighted by molar-refractivity contribution is -0.385. The van der Waals surface area contributed by atoms with E-state index in [1.165, 1.54) is 18.7 Å². The van der Waals surface area contributed by atoms with Crippen LogP contribution in [0, 0.1) is 24.0 Å². The monoisotopic (exact) mass is 374 g/mol. The first-order chi connectivity index (χ1) is 11.2. The van der Waals surface area contributed by atoms with E-state index in [1.54, 1.807) is 11.6 Å². The fourth-order valence-corrected chi connectivity index (χ4v) is 2.71. The van der Waals surface area contributed by atoms with Crippen LogP contribution in [0.4, 0.5) is 5.69 Å². The average Bonchev–Trinajstić information content (AvgIpc) is 2.94. The second-order valence-electron chi connectivity index (χ2n) is 5.19. The number of nitrogens with zero attached hydrogens (tertiary/aromatic N) is 5. The lowest BCUT2D eigenvalue weighted by Crippen LogP contribution is -2.28. The highest BCUT2D eigenvalue weighted by Gasteiger charge is 2.28. The number of carbonyl (C=O) groups is 1. The van der Waals surface area contributed by atoms with Crippen molar-refractivity contribution < 1.29 is 9.72 Å². The zero-order valence-corrected chi connectivity index (χ0v) is 14.8. The number of nitro groups is 1. The van der Waals surface area contributed by atoms with Crippen LogP contribution in [0.3, 0.4) is 0 Å². The van der Waals surface area contributed by atoms with Crippen LogP contribution in [0.1, 0.15) is 28.3 Å². The summed E-state index contributed by atoms with van der Waals surface area (Å²) < 4.78 is 2.75. The first-order valence-corrected chi connectivity index (χ1v) is 7.84. The summed E-state index contributed by atoms with van der Waals surface area (Å²) in [4.78, 5) is 22.7. The summed E-state index contributed by atoms with van der Waals surface area (Å²) in [6, 6.07) is 0. The van der Waals surface area contributed by atoms with Crippen LogP contribution in [0.25, 0.3) is 0 Å². The minimum atomic E-state index is -0.606. The topological polar surface area (TPSA) is 108 Å². The number of aryl methyl sites for hydroxylation is 4. The summed E-state index contributed by atoms with van der Waals surface area (Å²) >= 11 is 12.0. The van der Waals surface area contributed by atoms with Crippen LogP contribution in [-0.2, 0) is 13.6 Å². The number of nitrogens with one attached hydrogen (secondary N) is 1. The highest BCUT2D eigenvalue weighted by Crippen LogP contribution is 2.25. The zero-order chi connectivity index (χ0) is 18.0. The maximum Gasteiger partial charge on any atom is 0.322 e. The van der Waals surface area contributed by atoms with E-state index < -0.39 is 10.8 Å². The van der Waals surface area contributed by atoms with E-state index in [4.69, 9.17) is 23.2 Å². The number of carbonyl (C=O) groups excluding carboxylic acids is 1. The van der Waals surface area contributed by atoms with Crippen molar-refractivity contribution >= 4 is 34.8 Å². The lowest BCUT2D eigenvalue weighted by atomic mass is 10.3. The van der Waals surface area contributed by atoms with Crippen molar-refractivity contribution in [3.63, 3.8) is 0 Å². The molecule has 0 aliphatic carbocycles. The molecule has 0 bridgehead atoms. The number of hydrogen-bond acceptors (Lipinski definition) is 5. The van der Waals surface area contributed by atoms with E-state index >= 15 is 0 Å². The molecule has 0 saturated carbocycles. The summed E-state index contributed by atoms with van der Waals surface area (Å²) in [5.41, 5.74) is 0.466. The molecule has 0 saturated heterocycles. The molecular weight excluding hydrogens is 359 g/mol. The molecule has 0 unspecified atom stereocenters. The van der Waals surface area contributed by atoms with Gasteiger partial charge < -0.3 is 5.32 Å². The molecule has 9 nitrogen and oxygen atoms in total. The standard InChI is InChI=1S/C13H16Cl2N6O3/c1-7-9(14)12(15)20(18-7)6-4-5-16-13(22)11-10(21(23)24)8(2)17-19(11)3/h4-6H2,1-3H3,(H,16,22). The first-order valence-electron chi connectivity index (χ1n) is 7.08. The summed E-state index contributed by atoms with van der Waals surface area (Å²) in [5.74, 6) is -0.550. The molecule has 0 aliphatic heterocycles. The molecule has 130 valence electrons. The number of hydrogen-bond donors (Lipinski definition) is 1. The van der Waals surface area contributed by atoms with Crippen LogP contribution < -0.4 is 5.32 Å². The third-order valence-electron chi connectivity index (χ3n) is 3.42. The van der Waals surface area contributed by atoms with Crippen molar-refractivity contribution in [2.24, 2.45) is 7.05 Å². The molecule has 0 atom stereocenters. The lowest BCUT2D eigenvalue weighted by Gasteiger charge is -2.06. The van der Waals surface area contributed by atoms with Gasteiger partial charge in [-0.05, 0) is 20.3 Å². The summed E-state index contributed by atoms with van der Waals surface area (Å²) in [7, 11) is 1.49. The molecule has 2 aromatic heterocycles. The van der Waals surface area contributed by atoms with E-state index in [-0.39, 0.29) is 17.1 Å². The second-order valence-corrected chi connectivity index (χ2v) is 5.92. The molecule has 0 fully saturated rings. The van der Waals surface area contributed by atoms with Gasteiger partial charge in [-0.3, -0.25) is 24.3 Å². The van der Waals surface area contributed by atoms with E-state index in [0.717, 1.165) is 0 Å². The molecular formula is C13H16Cl2N6O3. The van der Waals surface area contributed by atoms with Gasteiger partial charge in [0.2, 0.25) is 5.69 Å². The quantitative estimate of drug-likeness (QED) is 0.473. The Hall–Kier alpha value is -2.13. The third-order valence-corrected chi connectivity index (χ3v) is 4.35. The van der Waals surface area contributed by atoms with Gasteiger partial charge in [0.15, 0.2) is 0 Å². The summed E-state index contributed by atoms with van der Waals surface area (Å²) in [6.07, 6.45) is 0.535. The van der Waals surface area contributed by atoms with Crippen molar-refractivity contribution in [2.75, 3.05) is 6.54 Å². The summed E-state index contributed by atoms with van der Waals surface area (Å²) in [5, 5.41) is 22.6. The Morgan fingerprint density at radius 1 is 1.29 bits per heavy atom. The molecule has 2 aromatic rings. The third kappa shape index (κ3) is 3.51. The molecule has 2 heterocycles. The Kier molecular flexibility index (Phi) is 5.45. The van der Waals surface area contributed by atoms with Crippen molar-refractivity contribution in [1.29, 1.82) is 0 Å². The molecule has 0 aliphatic rings. The zero-order valence-electron chi connectivity index (χ0n) is 13.3. The summed E-state index contributed by atoms with van der Waals surface area (Å²) in [6.45, 7) is 3.99. The van der Waals surface area contributed by atoms with Crippen molar-refractivity contribution in [3.05, 3.63) is 37.4 Å². The van der Waals surface area contributed by atoms with Gasteiger partial charge in [0.25, 0.3) is 5.91 Å². The number of halogens is 2. The van der Waals surface area contributed by atoms with Gasteiger partial charge in [-0.1, -0.05) is 23.2 Å². The molecule has 24 heavy (non-hydrogen) atoms. The van der Waals surface area contributed by atoms with Gasteiger partial charge in [-0.2, -0.15) is 10.2 Å². The number of amides is 1. The van der Waals surface area contributed by atoms with Gasteiger partial charge in [0.1, 0.15) is 15.9 Å². The highest BCUT2D eigenvalue weighted by atomic mass is 35.5. The number of aromatic nitrogens is 4. The Morgan fingerprint density at radius 2 is 1.96 bits per heavy atom. The molecule has 0 aromatic carbocycles. The van der Waals surface area contributed by atoms with Crippen molar-refractivity contribution in [2.45, 2.75) is 26.8 Å². The molecule has 0 spiro atoms. The normalized spacial score (nSPS) is 10.9. The van der Waals surface area contributed by atoms with Crippen LogP contribution in [0.2, 0.25) is 10.2 Å². The maximum atomic E-state index is 12.2. The minimum absolute atomic E-state index is 0.0755. The van der Waals surface area contributed by atoms with Crippen LogP contribution >= 0.6 is 23.2 Å². The molecule has 1 N–H and O–H groups in total. The van der Waals surface area contributed by atoms with Crippen LogP contribution in [0.5, 0.6) is 0 Å². The second kappa shape index (κ2) is 7.18. The van der Waals surface area contributed by atoms with Gasteiger partial charge in [-0.25, -0.2) is 0 Å². The van der Waals surface area contributed by atoms with E-state index in [9.17, 15) is 14.9 Å². The fraction of sp³-hybridized carbons (Fsp3) is 0.462. The van der Waals surface area contributed by atoms with E-state index in [1.807, 2.05) is 0 Å². The minimum Gasteiger partial charge on any atom is -0.350 e. The predicted molar refractivity (Wildman–Crippen MR) is 88.5 cm³/mol. The Balaban J connectivity index is 1.97. The number of rotatable bonds is 6. The SMILES string of the molecule is Cc1nn(CCCNC(=O)c2c([N+](=O)[O-])c(C)nn2C)c(Cl)c1Cl. The Bertz CT molecular complexity index is 798. The fourth-order valence-electron chi connectivity index (χ4n) is 2.31. The molecule has 1 amide bonds. The van der Waals surface area contributed by atoms with Crippen LogP contribution in [-0.4, -0.2) is 36.9 Å². The Labute approximate surface area is 147 Å². The van der Waals surface area contributed by atoms with Gasteiger partial charge in [0.05, 0.1) is 10.6 Å². The van der Waals surface area contributed by atoms with Crippen LogP contribution in [0.15, 0.2) is 0 Å². The average molecular weight is 375 g/mol. The maximum absolute atomic E-state index is 12.2. The highest BCUT2D eigenvalue weighted by molar-refractivity contribution is 6.41. The predicted octanol–water partition coefficient (Wildman–Crippen LogP) is 2.27. The van der Waals surface area contributed by atoms with E-state index in [2.05, 4.69) is 15.5 Å². The first kappa shape index (κ1) is 18.2. The molecule has 2 rings (SSSR count). The van der Waals surface area contributed by atoms with Crippen molar-refractivity contribution in [3.8, 4) is 0 Å². The largest absolute Gasteiger partial charge is 0.350 e. The Morgan fingerprint density at radius 3 is 2.50 bits per heavy atom. The molecule has 11 heteroatoms. The van der Waals surface area contributed by atoms with E-state index in [0.29, 0.717) is 35.4 Å². The van der Waals surface area contributed by atoms with Gasteiger partial charge in [-0.15, -0.1) is 0 Å². The van der Waals surface area contributed by atoms with Gasteiger partial charge >= 0.3 is 5.69 Å². The molecule has 0 radical (unpaired) electrons. The van der Waals surface area contributed by atoms with Crippen molar-refractivity contribution in [1.82, 2.24) is 24.9 Å². The smallest absolute Gasteiger partial charge is 0.322 e.